The highest BCUT2D eigenvalue weighted by Crippen LogP contribution is 2.28. The van der Waals surface area contributed by atoms with Crippen molar-refractivity contribution < 1.29 is 14.3 Å². The lowest BCUT2D eigenvalue weighted by molar-refractivity contribution is -0.139. The fraction of sp³-hybridized carbons (Fsp3) is 0.606. The van der Waals surface area contributed by atoms with Gasteiger partial charge in [-0.15, -0.1) is 0 Å². The van der Waals surface area contributed by atoms with Crippen molar-refractivity contribution in [2.45, 2.75) is 110 Å². The van der Waals surface area contributed by atoms with E-state index in [1.165, 1.54) is 56.1 Å². The van der Waals surface area contributed by atoms with Crippen LogP contribution in [0.5, 0.6) is 5.75 Å². The summed E-state index contributed by atoms with van der Waals surface area (Å²) in [6.07, 6.45) is 21.8. The van der Waals surface area contributed by atoms with E-state index in [4.69, 9.17) is 9.47 Å². The van der Waals surface area contributed by atoms with Crippen molar-refractivity contribution in [3.05, 3.63) is 65.1 Å². The summed E-state index contributed by atoms with van der Waals surface area (Å²) in [6, 6.07) is 7.79. The summed E-state index contributed by atoms with van der Waals surface area (Å²) < 4.78 is 11.6. The number of hydrogen-bond acceptors (Lipinski definition) is 5. The SMILES string of the molecule is CCCCCCCCCCOC1=CNC(c2ccc(OC(=O)C3CC=C(CCC=C(C)C)CC3)cc2)NC1. The Morgan fingerprint density at radius 3 is 2.39 bits per heavy atom. The Morgan fingerprint density at radius 2 is 1.76 bits per heavy atom. The number of carbonyl (C=O) groups excluding carboxylic acids is 1. The second-order valence-electron chi connectivity index (χ2n) is 11.1. The Balaban J connectivity index is 1.32. The molecule has 5 nitrogen and oxygen atoms in total. The lowest BCUT2D eigenvalue weighted by Gasteiger charge is -2.26. The van der Waals surface area contributed by atoms with E-state index in [1.807, 2.05) is 30.5 Å². The Morgan fingerprint density at radius 1 is 1.03 bits per heavy atom. The lowest BCUT2D eigenvalue weighted by atomic mass is 9.88. The number of rotatable bonds is 16. The van der Waals surface area contributed by atoms with Crippen LogP contribution >= 0.6 is 0 Å². The average Bonchev–Trinajstić information content (AvgIpc) is 2.93. The maximum atomic E-state index is 12.7. The molecule has 2 atom stereocenters. The summed E-state index contributed by atoms with van der Waals surface area (Å²) >= 11 is 0. The molecule has 0 fully saturated rings. The van der Waals surface area contributed by atoms with Gasteiger partial charge in [-0.2, -0.15) is 0 Å². The molecule has 0 spiro atoms. The molecule has 1 aromatic carbocycles. The molecule has 1 heterocycles. The van der Waals surface area contributed by atoms with Crippen molar-refractivity contribution in [2.24, 2.45) is 5.92 Å². The third kappa shape index (κ3) is 11.1. The van der Waals surface area contributed by atoms with Crippen molar-refractivity contribution in [1.82, 2.24) is 10.6 Å². The second-order valence-corrected chi connectivity index (χ2v) is 11.1. The van der Waals surface area contributed by atoms with Gasteiger partial charge in [0, 0.05) is 6.20 Å². The first kappa shape index (κ1) is 30.0. The molecular weight excluding hydrogens is 472 g/mol. The van der Waals surface area contributed by atoms with Crippen LogP contribution in [0.3, 0.4) is 0 Å². The number of unbranched alkanes of at least 4 members (excludes halogenated alkanes) is 7. The minimum Gasteiger partial charge on any atom is -0.495 e. The molecule has 2 aliphatic rings. The molecule has 0 radical (unpaired) electrons. The molecular formula is C33H50N2O3. The van der Waals surface area contributed by atoms with Gasteiger partial charge in [0.15, 0.2) is 0 Å². The molecule has 38 heavy (non-hydrogen) atoms. The van der Waals surface area contributed by atoms with Gasteiger partial charge >= 0.3 is 5.97 Å². The quantitative estimate of drug-likeness (QED) is 0.0990. The van der Waals surface area contributed by atoms with Gasteiger partial charge in [0.25, 0.3) is 0 Å². The van der Waals surface area contributed by atoms with Crippen LogP contribution < -0.4 is 15.4 Å². The molecule has 5 heteroatoms. The molecule has 3 rings (SSSR count). The fourth-order valence-corrected chi connectivity index (χ4v) is 5.04. The van der Waals surface area contributed by atoms with Gasteiger partial charge in [-0.3, -0.25) is 10.1 Å². The van der Waals surface area contributed by atoms with E-state index in [-0.39, 0.29) is 18.1 Å². The second kappa shape index (κ2) is 17.1. The molecule has 0 saturated heterocycles. The summed E-state index contributed by atoms with van der Waals surface area (Å²) in [7, 11) is 0. The van der Waals surface area contributed by atoms with Crippen LogP contribution in [-0.2, 0) is 9.53 Å². The first-order chi connectivity index (χ1) is 18.5. The number of hydrogen-bond donors (Lipinski definition) is 2. The molecule has 1 aromatic rings. The molecule has 0 saturated carbocycles. The van der Waals surface area contributed by atoms with Crippen molar-refractivity contribution in [1.29, 1.82) is 0 Å². The van der Waals surface area contributed by atoms with Crippen molar-refractivity contribution in [2.75, 3.05) is 13.2 Å². The third-order valence-corrected chi connectivity index (χ3v) is 7.46. The van der Waals surface area contributed by atoms with E-state index in [9.17, 15) is 4.79 Å². The van der Waals surface area contributed by atoms with Crippen molar-refractivity contribution in [3.63, 3.8) is 0 Å². The first-order valence-electron chi connectivity index (χ1n) is 15.0. The number of allylic oxidation sites excluding steroid dienone is 4. The molecule has 0 amide bonds. The summed E-state index contributed by atoms with van der Waals surface area (Å²) in [6.45, 7) is 8.02. The monoisotopic (exact) mass is 522 g/mol. The summed E-state index contributed by atoms with van der Waals surface area (Å²) in [5, 5.41) is 6.87. The van der Waals surface area contributed by atoms with Crippen LogP contribution in [0.2, 0.25) is 0 Å². The van der Waals surface area contributed by atoms with Gasteiger partial charge < -0.3 is 14.8 Å². The maximum Gasteiger partial charge on any atom is 0.314 e. The standard InChI is InChI=1S/C33H50N2O3/c1-4-5-6-7-8-9-10-11-23-37-31-24-34-32(35-25-31)28-19-21-30(22-20-28)38-33(36)29-17-15-27(16-18-29)14-12-13-26(2)3/h13,15,19-22,24,29,32,34-35H,4-12,14,16-18,23,25H2,1-3H3. The first-order valence-corrected chi connectivity index (χ1v) is 15.0. The summed E-state index contributed by atoms with van der Waals surface area (Å²) in [4.78, 5) is 12.7. The van der Waals surface area contributed by atoms with Gasteiger partial charge in [0.2, 0.25) is 0 Å². The molecule has 1 aliphatic carbocycles. The topological polar surface area (TPSA) is 59.6 Å². The Hall–Kier alpha value is -2.53. The zero-order valence-electron chi connectivity index (χ0n) is 24.0. The minimum atomic E-state index is -0.118. The van der Waals surface area contributed by atoms with E-state index in [0.717, 1.165) is 56.5 Å². The summed E-state index contributed by atoms with van der Waals surface area (Å²) in [5.74, 6) is 1.40. The van der Waals surface area contributed by atoms with Crippen molar-refractivity contribution in [3.8, 4) is 5.75 Å². The highest BCUT2D eigenvalue weighted by atomic mass is 16.5. The van der Waals surface area contributed by atoms with Crippen LogP contribution in [0.15, 0.2) is 59.5 Å². The van der Waals surface area contributed by atoms with Crippen LogP contribution in [-0.4, -0.2) is 19.1 Å². The molecule has 2 N–H and O–H groups in total. The van der Waals surface area contributed by atoms with Gasteiger partial charge in [0.05, 0.1) is 19.1 Å². The van der Waals surface area contributed by atoms with Crippen LogP contribution in [0.4, 0.5) is 0 Å². The van der Waals surface area contributed by atoms with E-state index in [2.05, 4.69) is 43.6 Å². The van der Waals surface area contributed by atoms with Crippen LogP contribution in [0, 0.1) is 5.92 Å². The summed E-state index contributed by atoms with van der Waals surface area (Å²) in [5.41, 5.74) is 3.94. The average molecular weight is 523 g/mol. The van der Waals surface area contributed by atoms with Gasteiger partial charge in [-0.05, 0) is 70.1 Å². The molecule has 2 unspecified atom stereocenters. The number of carbonyl (C=O) groups is 1. The van der Waals surface area contributed by atoms with E-state index < -0.39 is 0 Å². The number of ether oxygens (including phenoxy) is 2. The van der Waals surface area contributed by atoms with E-state index in [1.54, 1.807) is 0 Å². The predicted octanol–water partition coefficient (Wildman–Crippen LogP) is 8.26. The highest BCUT2D eigenvalue weighted by Gasteiger charge is 2.23. The van der Waals surface area contributed by atoms with Gasteiger partial charge in [-0.25, -0.2) is 0 Å². The largest absolute Gasteiger partial charge is 0.495 e. The predicted molar refractivity (Wildman–Crippen MR) is 157 cm³/mol. The van der Waals surface area contributed by atoms with Gasteiger partial charge in [-0.1, -0.05) is 87.3 Å². The molecule has 210 valence electrons. The highest BCUT2D eigenvalue weighted by molar-refractivity contribution is 5.75. The Kier molecular flexibility index (Phi) is 13.5. The zero-order chi connectivity index (χ0) is 27.0. The van der Waals surface area contributed by atoms with Crippen molar-refractivity contribution >= 4 is 5.97 Å². The smallest absolute Gasteiger partial charge is 0.314 e. The molecule has 0 bridgehead atoms. The number of benzene rings is 1. The lowest BCUT2D eigenvalue weighted by Crippen LogP contribution is -2.37. The van der Waals surface area contributed by atoms with Gasteiger partial charge in [0.1, 0.15) is 17.7 Å². The maximum absolute atomic E-state index is 12.7. The number of esters is 1. The Bertz CT molecular complexity index is 928. The fourth-order valence-electron chi connectivity index (χ4n) is 5.04. The Labute approximate surface area is 231 Å². The third-order valence-electron chi connectivity index (χ3n) is 7.46. The van der Waals surface area contributed by atoms with E-state index in [0.29, 0.717) is 12.3 Å². The zero-order valence-corrected chi connectivity index (χ0v) is 24.0. The molecule has 0 aromatic heterocycles. The minimum absolute atomic E-state index is 0.0171. The van der Waals surface area contributed by atoms with Crippen LogP contribution in [0.1, 0.15) is 116 Å². The normalized spacial score (nSPS) is 19.1. The molecule has 1 aliphatic heterocycles. The van der Waals surface area contributed by atoms with E-state index >= 15 is 0 Å². The number of nitrogens with one attached hydrogen (secondary N) is 2. The van der Waals surface area contributed by atoms with Crippen LogP contribution in [0.25, 0.3) is 0 Å².